The van der Waals surface area contributed by atoms with E-state index in [1.165, 1.54) is 18.3 Å². The number of hydrogen-bond donors (Lipinski definition) is 1. The molecule has 94 valence electrons. The summed E-state index contributed by atoms with van der Waals surface area (Å²) in [6.07, 6.45) is -3.58. The second-order valence-electron chi connectivity index (χ2n) is 3.39. The van der Waals surface area contributed by atoms with Crippen molar-refractivity contribution in [3.05, 3.63) is 36.0 Å². The van der Waals surface area contributed by atoms with E-state index in [-0.39, 0.29) is 16.5 Å². The van der Waals surface area contributed by atoms with Crippen LogP contribution in [0.5, 0.6) is 5.75 Å². The first kappa shape index (κ1) is 12.2. The first-order valence-corrected chi connectivity index (χ1v) is 4.74. The molecule has 0 amide bonds. The molecule has 1 aromatic carbocycles. The lowest BCUT2D eigenvalue weighted by atomic mass is 10.1. The molecule has 1 N–H and O–H groups in total. The van der Waals surface area contributed by atoms with Gasteiger partial charge in [-0.3, -0.25) is 4.98 Å². The summed E-state index contributed by atoms with van der Waals surface area (Å²) in [7, 11) is 0. The molecule has 0 aliphatic rings. The van der Waals surface area contributed by atoms with Gasteiger partial charge in [0.2, 0.25) is 0 Å². The third kappa shape index (κ3) is 2.50. The molecule has 0 radical (unpaired) electrons. The fourth-order valence-corrected chi connectivity index (χ4v) is 1.51. The number of aromatic nitrogens is 1. The molecule has 0 saturated carbocycles. The highest BCUT2D eigenvalue weighted by Gasteiger charge is 2.31. The molecule has 0 saturated heterocycles. The normalized spacial score (nSPS) is 11.5. The maximum atomic E-state index is 12.0. The van der Waals surface area contributed by atoms with Gasteiger partial charge in [0, 0.05) is 17.6 Å². The lowest BCUT2D eigenvalue weighted by Crippen LogP contribution is -2.17. The zero-order valence-electron chi connectivity index (χ0n) is 8.73. The minimum atomic E-state index is -4.79. The second-order valence-corrected chi connectivity index (χ2v) is 3.39. The molecule has 0 spiro atoms. The van der Waals surface area contributed by atoms with Crippen LogP contribution < -0.4 is 4.74 Å². The zero-order valence-corrected chi connectivity index (χ0v) is 8.73. The predicted molar refractivity (Wildman–Crippen MR) is 55.4 cm³/mol. The van der Waals surface area contributed by atoms with Gasteiger partial charge in [-0.25, -0.2) is 4.79 Å². The van der Waals surface area contributed by atoms with Crippen LogP contribution in [0.1, 0.15) is 10.4 Å². The fourth-order valence-electron chi connectivity index (χ4n) is 1.51. The van der Waals surface area contributed by atoms with E-state index in [0.29, 0.717) is 0 Å². The SMILES string of the molecule is O=C(O)c1ccnc2cc(OC(F)(F)F)ccc12. The quantitative estimate of drug-likeness (QED) is 0.898. The third-order valence-electron chi connectivity index (χ3n) is 2.18. The van der Waals surface area contributed by atoms with E-state index >= 15 is 0 Å². The van der Waals surface area contributed by atoms with Gasteiger partial charge < -0.3 is 9.84 Å². The Kier molecular flexibility index (Phi) is 2.82. The molecule has 1 heterocycles. The summed E-state index contributed by atoms with van der Waals surface area (Å²) in [5, 5.41) is 9.15. The Morgan fingerprint density at radius 1 is 1.28 bits per heavy atom. The maximum absolute atomic E-state index is 12.0. The van der Waals surface area contributed by atoms with Gasteiger partial charge in [0.25, 0.3) is 0 Å². The van der Waals surface area contributed by atoms with Gasteiger partial charge in [-0.05, 0) is 18.2 Å². The van der Waals surface area contributed by atoms with Crippen molar-refractivity contribution in [2.24, 2.45) is 0 Å². The molecule has 0 unspecified atom stereocenters. The highest BCUT2D eigenvalue weighted by atomic mass is 19.4. The van der Waals surface area contributed by atoms with Gasteiger partial charge in [0.1, 0.15) is 5.75 Å². The monoisotopic (exact) mass is 257 g/mol. The summed E-state index contributed by atoms with van der Waals surface area (Å²) in [6, 6.07) is 4.58. The van der Waals surface area contributed by atoms with Crippen LogP contribution in [0, 0.1) is 0 Å². The number of rotatable bonds is 2. The predicted octanol–water partition coefficient (Wildman–Crippen LogP) is 2.83. The number of aromatic carboxylic acids is 1. The van der Waals surface area contributed by atoms with Crippen molar-refractivity contribution < 1.29 is 27.8 Å². The van der Waals surface area contributed by atoms with E-state index < -0.39 is 18.1 Å². The van der Waals surface area contributed by atoms with Crippen LogP contribution in [-0.4, -0.2) is 22.4 Å². The Labute approximate surface area is 98.6 Å². The molecule has 1 aromatic heterocycles. The lowest BCUT2D eigenvalue weighted by molar-refractivity contribution is -0.274. The molecule has 4 nitrogen and oxygen atoms in total. The van der Waals surface area contributed by atoms with E-state index in [1.54, 1.807) is 0 Å². The largest absolute Gasteiger partial charge is 0.573 e. The topological polar surface area (TPSA) is 59.4 Å². The summed E-state index contributed by atoms with van der Waals surface area (Å²) in [4.78, 5) is 14.7. The summed E-state index contributed by atoms with van der Waals surface area (Å²) in [6.45, 7) is 0. The molecule has 2 aromatic rings. The van der Waals surface area contributed by atoms with E-state index in [1.807, 2.05) is 0 Å². The summed E-state index contributed by atoms with van der Waals surface area (Å²) < 4.78 is 39.8. The number of ether oxygens (including phenoxy) is 1. The van der Waals surface area contributed by atoms with Crippen LogP contribution in [0.4, 0.5) is 13.2 Å². The number of carboxylic acid groups (broad SMARTS) is 1. The van der Waals surface area contributed by atoms with Gasteiger partial charge in [-0.2, -0.15) is 0 Å². The summed E-state index contributed by atoms with van der Waals surface area (Å²) in [5.41, 5.74) is 0.0928. The first-order valence-electron chi connectivity index (χ1n) is 4.74. The molecule has 0 aliphatic heterocycles. The van der Waals surface area contributed by atoms with E-state index in [4.69, 9.17) is 5.11 Å². The van der Waals surface area contributed by atoms with Gasteiger partial charge in [-0.15, -0.1) is 13.2 Å². The Bertz CT molecular complexity index is 610. The van der Waals surface area contributed by atoms with Crippen molar-refractivity contribution in [1.29, 1.82) is 0 Å². The molecule has 0 fully saturated rings. The van der Waals surface area contributed by atoms with Crippen molar-refractivity contribution >= 4 is 16.9 Å². The molecule has 18 heavy (non-hydrogen) atoms. The molecular weight excluding hydrogens is 251 g/mol. The lowest BCUT2D eigenvalue weighted by Gasteiger charge is -2.09. The fraction of sp³-hybridized carbons (Fsp3) is 0.0909. The average Bonchev–Trinajstić information content (AvgIpc) is 2.25. The Morgan fingerprint density at radius 3 is 2.61 bits per heavy atom. The molecule has 0 bridgehead atoms. The highest BCUT2D eigenvalue weighted by Crippen LogP contribution is 2.26. The van der Waals surface area contributed by atoms with E-state index in [0.717, 1.165) is 12.1 Å². The smallest absolute Gasteiger partial charge is 0.478 e. The van der Waals surface area contributed by atoms with Gasteiger partial charge in [0.05, 0.1) is 11.1 Å². The van der Waals surface area contributed by atoms with Crippen molar-refractivity contribution in [2.45, 2.75) is 6.36 Å². The number of benzene rings is 1. The number of pyridine rings is 1. The van der Waals surface area contributed by atoms with Crippen LogP contribution in [0.25, 0.3) is 10.9 Å². The number of carboxylic acids is 1. The third-order valence-corrected chi connectivity index (χ3v) is 2.18. The highest BCUT2D eigenvalue weighted by molar-refractivity contribution is 6.02. The standard InChI is InChI=1S/C11H6F3NO3/c12-11(13,14)18-6-1-2-7-8(10(16)17)3-4-15-9(7)5-6/h1-5H,(H,16,17). The van der Waals surface area contributed by atoms with Crippen LogP contribution >= 0.6 is 0 Å². The average molecular weight is 257 g/mol. The number of fused-ring (bicyclic) bond motifs is 1. The van der Waals surface area contributed by atoms with Crippen LogP contribution in [0.15, 0.2) is 30.5 Å². The van der Waals surface area contributed by atoms with Crippen molar-refractivity contribution in [3.63, 3.8) is 0 Å². The van der Waals surface area contributed by atoms with Gasteiger partial charge in [-0.1, -0.05) is 0 Å². The number of alkyl halides is 3. The molecule has 2 rings (SSSR count). The molecular formula is C11H6F3NO3. The van der Waals surface area contributed by atoms with Crippen LogP contribution in [-0.2, 0) is 0 Å². The van der Waals surface area contributed by atoms with Gasteiger partial charge in [0.15, 0.2) is 0 Å². The Hall–Kier alpha value is -2.31. The van der Waals surface area contributed by atoms with Gasteiger partial charge >= 0.3 is 12.3 Å². The number of carbonyl (C=O) groups is 1. The van der Waals surface area contributed by atoms with E-state index in [2.05, 4.69) is 9.72 Å². The zero-order chi connectivity index (χ0) is 13.3. The molecule has 0 atom stereocenters. The minimum Gasteiger partial charge on any atom is -0.478 e. The Morgan fingerprint density at radius 2 is 2.00 bits per heavy atom. The minimum absolute atomic E-state index is 0.0291. The number of hydrogen-bond acceptors (Lipinski definition) is 3. The van der Waals surface area contributed by atoms with Crippen molar-refractivity contribution in [3.8, 4) is 5.75 Å². The molecule has 0 aliphatic carbocycles. The first-order chi connectivity index (χ1) is 8.37. The van der Waals surface area contributed by atoms with Crippen molar-refractivity contribution in [2.75, 3.05) is 0 Å². The maximum Gasteiger partial charge on any atom is 0.573 e. The second kappa shape index (κ2) is 4.17. The van der Waals surface area contributed by atoms with Crippen LogP contribution in [0.2, 0.25) is 0 Å². The molecule has 7 heteroatoms. The van der Waals surface area contributed by atoms with Crippen LogP contribution in [0.3, 0.4) is 0 Å². The van der Waals surface area contributed by atoms with Crippen molar-refractivity contribution in [1.82, 2.24) is 4.98 Å². The summed E-state index contributed by atoms with van der Waals surface area (Å²) >= 11 is 0. The number of halogens is 3. The summed E-state index contributed by atoms with van der Waals surface area (Å²) in [5.74, 6) is -1.61. The van der Waals surface area contributed by atoms with E-state index in [9.17, 15) is 18.0 Å². The number of nitrogens with zero attached hydrogens (tertiary/aromatic N) is 1. The Balaban J connectivity index is 2.50.